The second kappa shape index (κ2) is 3.43. The van der Waals surface area contributed by atoms with Crippen LogP contribution in [-0.4, -0.2) is 21.5 Å². The molecule has 1 N–H and O–H groups in total. The van der Waals surface area contributed by atoms with E-state index in [4.69, 9.17) is 11.6 Å². The molecule has 2 heterocycles. The molecule has 0 saturated heterocycles. The molecular formula is C7H7ClN4S. The summed E-state index contributed by atoms with van der Waals surface area (Å²) in [6.07, 6.45) is 1.63. The topological polar surface area (TPSA) is 50.7 Å². The number of aromatic nitrogens is 3. The Morgan fingerprint density at radius 2 is 2.38 bits per heavy atom. The monoisotopic (exact) mass is 214 g/mol. The summed E-state index contributed by atoms with van der Waals surface area (Å²) in [6, 6.07) is 0. The van der Waals surface area contributed by atoms with Crippen LogP contribution in [0.4, 0.5) is 5.13 Å². The summed E-state index contributed by atoms with van der Waals surface area (Å²) in [5, 5.41) is 4.23. The van der Waals surface area contributed by atoms with Gasteiger partial charge in [-0.3, -0.25) is 0 Å². The zero-order valence-electron chi connectivity index (χ0n) is 6.91. The summed E-state index contributed by atoms with van der Waals surface area (Å²) in [4.78, 5) is 13.0. The maximum atomic E-state index is 5.64. The fourth-order valence-electron chi connectivity index (χ4n) is 0.942. The molecule has 0 atom stereocenters. The molecule has 13 heavy (non-hydrogen) atoms. The number of anilines is 1. The Balaban J connectivity index is 2.49. The summed E-state index contributed by atoms with van der Waals surface area (Å²) < 4.78 is 0. The number of hydrogen-bond acceptors (Lipinski definition) is 5. The van der Waals surface area contributed by atoms with Crippen molar-refractivity contribution in [3.63, 3.8) is 0 Å². The largest absolute Gasteiger partial charge is 0.362 e. The molecule has 68 valence electrons. The van der Waals surface area contributed by atoms with Crippen molar-refractivity contribution in [3.8, 4) is 0 Å². The van der Waals surface area contributed by atoms with Crippen LogP contribution in [0.25, 0.3) is 10.3 Å². The van der Waals surface area contributed by atoms with Crippen molar-refractivity contribution in [2.45, 2.75) is 6.92 Å². The third-order valence-corrected chi connectivity index (χ3v) is 2.55. The van der Waals surface area contributed by atoms with Gasteiger partial charge in [-0.15, -0.1) is 0 Å². The van der Waals surface area contributed by atoms with Crippen molar-refractivity contribution < 1.29 is 0 Å². The van der Waals surface area contributed by atoms with Gasteiger partial charge in [0.05, 0.1) is 6.20 Å². The lowest BCUT2D eigenvalue weighted by atomic mass is 10.6. The minimum atomic E-state index is 0.263. The Morgan fingerprint density at radius 1 is 1.54 bits per heavy atom. The average Bonchev–Trinajstić information content (AvgIpc) is 2.46. The van der Waals surface area contributed by atoms with E-state index >= 15 is 0 Å². The number of nitrogens with one attached hydrogen (secondary N) is 1. The fourth-order valence-corrected chi connectivity index (χ4v) is 2.00. The summed E-state index contributed by atoms with van der Waals surface area (Å²) >= 11 is 7.12. The molecule has 0 aromatic carbocycles. The highest BCUT2D eigenvalue weighted by molar-refractivity contribution is 7.21. The van der Waals surface area contributed by atoms with E-state index in [9.17, 15) is 0 Å². The second-order valence-electron chi connectivity index (χ2n) is 2.38. The smallest absolute Gasteiger partial charge is 0.223 e. The van der Waals surface area contributed by atoms with E-state index < -0.39 is 0 Å². The number of hydrogen-bond donors (Lipinski definition) is 1. The molecule has 0 bridgehead atoms. The SMILES string of the molecule is CCNc1nc2cnc(Cl)nc2s1. The Morgan fingerprint density at radius 3 is 3.15 bits per heavy atom. The Bertz CT molecular complexity index is 427. The van der Waals surface area contributed by atoms with Gasteiger partial charge < -0.3 is 5.32 Å². The molecule has 0 aliphatic rings. The molecule has 4 nitrogen and oxygen atoms in total. The summed E-state index contributed by atoms with van der Waals surface area (Å²) in [5.74, 6) is 0. The van der Waals surface area contributed by atoms with Crippen LogP contribution < -0.4 is 5.32 Å². The Kier molecular flexibility index (Phi) is 2.28. The Labute approximate surface area is 84.0 Å². The molecule has 0 amide bonds. The summed E-state index contributed by atoms with van der Waals surface area (Å²) in [7, 11) is 0. The lowest BCUT2D eigenvalue weighted by Gasteiger charge is -1.91. The first-order valence-electron chi connectivity index (χ1n) is 3.82. The van der Waals surface area contributed by atoms with E-state index in [1.165, 1.54) is 11.3 Å². The van der Waals surface area contributed by atoms with E-state index in [1.54, 1.807) is 6.20 Å². The van der Waals surface area contributed by atoms with Crippen molar-refractivity contribution in [2.75, 3.05) is 11.9 Å². The summed E-state index contributed by atoms with van der Waals surface area (Å²) in [6.45, 7) is 2.87. The van der Waals surface area contributed by atoms with E-state index in [1.807, 2.05) is 6.92 Å². The van der Waals surface area contributed by atoms with Crippen LogP contribution in [-0.2, 0) is 0 Å². The van der Waals surface area contributed by atoms with Crippen molar-refractivity contribution >= 4 is 38.4 Å². The van der Waals surface area contributed by atoms with Crippen molar-refractivity contribution in [2.24, 2.45) is 0 Å². The number of halogens is 1. The molecule has 0 fully saturated rings. The Hall–Kier alpha value is -0.940. The maximum absolute atomic E-state index is 5.64. The normalized spacial score (nSPS) is 10.6. The first-order chi connectivity index (χ1) is 6.29. The predicted molar refractivity (Wildman–Crippen MR) is 54.4 cm³/mol. The van der Waals surface area contributed by atoms with E-state index in [0.29, 0.717) is 0 Å². The van der Waals surface area contributed by atoms with Gasteiger partial charge in [0, 0.05) is 6.54 Å². The fraction of sp³-hybridized carbons (Fsp3) is 0.286. The van der Waals surface area contributed by atoms with Gasteiger partial charge in [-0.05, 0) is 18.5 Å². The van der Waals surface area contributed by atoms with Gasteiger partial charge in [0.1, 0.15) is 10.3 Å². The van der Waals surface area contributed by atoms with E-state index in [-0.39, 0.29) is 5.28 Å². The molecule has 2 aromatic heterocycles. The van der Waals surface area contributed by atoms with Gasteiger partial charge in [-0.25, -0.2) is 15.0 Å². The maximum Gasteiger partial charge on any atom is 0.223 e. The van der Waals surface area contributed by atoms with Gasteiger partial charge in [0.15, 0.2) is 5.13 Å². The standard InChI is InChI=1S/C7H7ClN4S/c1-2-9-7-11-4-3-10-6(8)12-5(4)13-7/h3H,2H2,1H3,(H,9,11). The number of nitrogens with zero attached hydrogens (tertiary/aromatic N) is 3. The zero-order valence-corrected chi connectivity index (χ0v) is 8.48. The molecule has 0 radical (unpaired) electrons. The minimum Gasteiger partial charge on any atom is -0.362 e. The van der Waals surface area contributed by atoms with Crippen LogP contribution in [0.3, 0.4) is 0 Å². The van der Waals surface area contributed by atoms with Crippen LogP contribution in [0.1, 0.15) is 6.92 Å². The van der Waals surface area contributed by atoms with Gasteiger partial charge in [-0.2, -0.15) is 0 Å². The highest BCUT2D eigenvalue weighted by Gasteiger charge is 2.04. The molecular weight excluding hydrogens is 208 g/mol. The molecule has 0 saturated carbocycles. The first kappa shape index (κ1) is 8.65. The summed E-state index contributed by atoms with van der Waals surface area (Å²) in [5.41, 5.74) is 0.783. The van der Waals surface area contributed by atoms with Crippen LogP contribution in [0.15, 0.2) is 6.20 Å². The number of thiazole rings is 1. The molecule has 0 unspecified atom stereocenters. The average molecular weight is 215 g/mol. The van der Waals surface area contributed by atoms with Crippen molar-refractivity contribution in [1.29, 1.82) is 0 Å². The van der Waals surface area contributed by atoms with E-state index in [2.05, 4.69) is 20.3 Å². The van der Waals surface area contributed by atoms with Crippen LogP contribution in [0.2, 0.25) is 5.28 Å². The second-order valence-corrected chi connectivity index (χ2v) is 3.69. The van der Waals surface area contributed by atoms with Crippen LogP contribution in [0.5, 0.6) is 0 Å². The van der Waals surface area contributed by atoms with Gasteiger partial charge in [-0.1, -0.05) is 11.3 Å². The molecule has 0 spiro atoms. The zero-order chi connectivity index (χ0) is 9.26. The third kappa shape index (κ3) is 1.71. The van der Waals surface area contributed by atoms with Gasteiger partial charge >= 0.3 is 0 Å². The van der Waals surface area contributed by atoms with Crippen LogP contribution >= 0.6 is 22.9 Å². The third-order valence-electron chi connectivity index (χ3n) is 1.45. The van der Waals surface area contributed by atoms with Crippen LogP contribution in [0, 0.1) is 0 Å². The van der Waals surface area contributed by atoms with E-state index in [0.717, 1.165) is 22.0 Å². The highest BCUT2D eigenvalue weighted by Crippen LogP contribution is 2.23. The lowest BCUT2D eigenvalue weighted by Crippen LogP contribution is -1.94. The molecule has 0 aliphatic carbocycles. The first-order valence-corrected chi connectivity index (χ1v) is 5.02. The molecule has 6 heteroatoms. The molecule has 0 aliphatic heterocycles. The number of rotatable bonds is 2. The minimum absolute atomic E-state index is 0.263. The van der Waals surface area contributed by atoms with Gasteiger partial charge in [0.2, 0.25) is 5.28 Å². The highest BCUT2D eigenvalue weighted by atomic mass is 35.5. The lowest BCUT2D eigenvalue weighted by molar-refractivity contribution is 1.19. The molecule has 2 rings (SSSR count). The molecule has 2 aromatic rings. The van der Waals surface area contributed by atoms with Crippen molar-refractivity contribution in [3.05, 3.63) is 11.5 Å². The quantitative estimate of drug-likeness (QED) is 0.779. The van der Waals surface area contributed by atoms with Gasteiger partial charge in [0.25, 0.3) is 0 Å². The van der Waals surface area contributed by atoms with Crippen molar-refractivity contribution in [1.82, 2.24) is 15.0 Å². The predicted octanol–water partition coefficient (Wildman–Crippen LogP) is 2.17. The number of fused-ring (bicyclic) bond motifs is 1.